The summed E-state index contributed by atoms with van der Waals surface area (Å²) in [4.78, 5) is 2.21. The molecule has 0 fully saturated rings. The molecule has 0 saturated heterocycles. The zero-order valence-corrected chi connectivity index (χ0v) is 12.9. The lowest BCUT2D eigenvalue weighted by atomic mass is 10.0. The van der Waals surface area contributed by atoms with Gasteiger partial charge >= 0.3 is 0 Å². The van der Waals surface area contributed by atoms with Gasteiger partial charge in [-0.05, 0) is 43.3 Å². The largest absolute Gasteiger partial charge is 0.468 e. The van der Waals surface area contributed by atoms with Crippen LogP contribution in [0.15, 0.2) is 45.5 Å². The number of halogens is 1. The Morgan fingerprint density at radius 1 is 1.37 bits per heavy atom. The molecule has 1 aromatic heterocycles. The minimum absolute atomic E-state index is 0.192. The second kappa shape index (κ2) is 6.37. The smallest absolute Gasteiger partial charge is 0.117 e. The summed E-state index contributed by atoms with van der Waals surface area (Å²) in [7, 11) is 2.07. The molecule has 2 aromatic rings. The Balaban J connectivity index is 2.16. The van der Waals surface area contributed by atoms with Crippen molar-refractivity contribution in [2.45, 2.75) is 19.5 Å². The van der Waals surface area contributed by atoms with E-state index in [1.54, 1.807) is 6.26 Å². The maximum Gasteiger partial charge on any atom is 0.117 e. The fraction of sp³-hybridized carbons (Fsp3) is 0.333. The van der Waals surface area contributed by atoms with Crippen molar-refractivity contribution in [1.29, 1.82) is 0 Å². The van der Waals surface area contributed by atoms with E-state index < -0.39 is 0 Å². The first-order valence-corrected chi connectivity index (χ1v) is 7.10. The molecule has 0 radical (unpaired) electrons. The first-order valence-electron chi connectivity index (χ1n) is 6.30. The molecule has 0 bridgehead atoms. The molecule has 3 nitrogen and oxygen atoms in total. The van der Waals surface area contributed by atoms with E-state index in [4.69, 9.17) is 10.2 Å². The van der Waals surface area contributed by atoms with Crippen molar-refractivity contribution in [2.24, 2.45) is 5.73 Å². The van der Waals surface area contributed by atoms with Crippen molar-refractivity contribution in [2.75, 3.05) is 13.6 Å². The molecule has 2 rings (SSSR count). The van der Waals surface area contributed by atoms with Gasteiger partial charge < -0.3 is 10.2 Å². The molecule has 0 aliphatic carbocycles. The van der Waals surface area contributed by atoms with Crippen LogP contribution >= 0.6 is 15.9 Å². The lowest BCUT2D eigenvalue weighted by molar-refractivity contribution is 0.223. The van der Waals surface area contributed by atoms with Gasteiger partial charge in [-0.15, -0.1) is 0 Å². The lowest BCUT2D eigenvalue weighted by Gasteiger charge is -2.27. The molecule has 0 amide bonds. The van der Waals surface area contributed by atoms with Crippen molar-refractivity contribution >= 4 is 15.9 Å². The van der Waals surface area contributed by atoms with E-state index in [0.717, 1.165) is 16.8 Å². The number of nitrogens with two attached hydrogens (primary N) is 1. The quantitative estimate of drug-likeness (QED) is 0.916. The highest BCUT2D eigenvalue weighted by Gasteiger charge is 2.17. The van der Waals surface area contributed by atoms with E-state index in [-0.39, 0.29) is 6.04 Å². The van der Waals surface area contributed by atoms with E-state index >= 15 is 0 Å². The van der Waals surface area contributed by atoms with Gasteiger partial charge in [0, 0.05) is 17.1 Å². The monoisotopic (exact) mass is 322 g/mol. The Kier molecular flexibility index (Phi) is 4.80. The van der Waals surface area contributed by atoms with Crippen LogP contribution in [-0.4, -0.2) is 18.5 Å². The summed E-state index contributed by atoms with van der Waals surface area (Å²) in [5, 5.41) is 0. The molecular formula is C15H19BrN2O. The molecule has 0 aliphatic heterocycles. The summed E-state index contributed by atoms with van der Waals surface area (Å²) >= 11 is 3.53. The number of hydrogen-bond acceptors (Lipinski definition) is 3. The van der Waals surface area contributed by atoms with Crippen LogP contribution in [0.2, 0.25) is 0 Å². The van der Waals surface area contributed by atoms with Crippen LogP contribution in [0.25, 0.3) is 0 Å². The Hall–Kier alpha value is -1.10. The molecule has 1 atom stereocenters. The molecule has 1 aromatic carbocycles. The van der Waals surface area contributed by atoms with Gasteiger partial charge in [0.2, 0.25) is 0 Å². The van der Waals surface area contributed by atoms with Gasteiger partial charge in [0.25, 0.3) is 0 Å². The fourth-order valence-electron chi connectivity index (χ4n) is 2.20. The van der Waals surface area contributed by atoms with Gasteiger partial charge in [0.05, 0.1) is 12.8 Å². The van der Waals surface area contributed by atoms with Gasteiger partial charge in [-0.2, -0.15) is 0 Å². The van der Waals surface area contributed by atoms with Crippen LogP contribution in [0.1, 0.15) is 22.9 Å². The normalized spacial score (nSPS) is 12.9. The zero-order chi connectivity index (χ0) is 13.8. The molecule has 0 aliphatic rings. The number of benzene rings is 1. The van der Waals surface area contributed by atoms with Crippen LogP contribution in [0.3, 0.4) is 0 Å². The molecule has 1 heterocycles. The maximum absolute atomic E-state index is 5.94. The number of likely N-dealkylation sites (N-methyl/N-ethyl adjacent to an activating group) is 1. The van der Waals surface area contributed by atoms with Crippen molar-refractivity contribution in [1.82, 2.24) is 4.90 Å². The lowest BCUT2D eigenvalue weighted by Crippen LogP contribution is -2.30. The van der Waals surface area contributed by atoms with Gasteiger partial charge in [0.15, 0.2) is 0 Å². The number of rotatable bonds is 5. The molecule has 102 valence electrons. The Labute approximate surface area is 122 Å². The van der Waals surface area contributed by atoms with E-state index in [9.17, 15) is 0 Å². The van der Waals surface area contributed by atoms with Gasteiger partial charge in [0.1, 0.15) is 5.76 Å². The molecule has 0 spiro atoms. The number of nitrogens with zero attached hydrogens (tertiary/aromatic N) is 1. The zero-order valence-electron chi connectivity index (χ0n) is 11.3. The highest BCUT2D eigenvalue weighted by Crippen LogP contribution is 2.25. The first-order chi connectivity index (χ1) is 9.11. The van der Waals surface area contributed by atoms with Crippen molar-refractivity contribution < 1.29 is 4.42 Å². The minimum Gasteiger partial charge on any atom is -0.468 e. The second-order valence-electron chi connectivity index (χ2n) is 4.75. The summed E-state index contributed by atoms with van der Waals surface area (Å²) in [5.41, 5.74) is 8.40. The average molecular weight is 323 g/mol. The molecule has 19 heavy (non-hydrogen) atoms. The van der Waals surface area contributed by atoms with Gasteiger partial charge in [-0.25, -0.2) is 0 Å². The summed E-state index contributed by atoms with van der Waals surface area (Å²) in [6.45, 7) is 3.43. The van der Waals surface area contributed by atoms with Crippen LogP contribution in [-0.2, 0) is 6.54 Å². The van der Waals surface area contributed by atoms with Crippen molar-refractivity contribution in [3.05, 3.63) is 58.0 Å². The maximum atomic E-state index is 5.94. The predicted octanol–water partition coefficient (Wildman–Crippen LogP) is 3.48. The van der Waals surface area contributed by atoms with Crippen LogP contribution in [0.4, 0.5) is 0 Å². The van der Waals surface area contributed by atoms with Gasteiger partial charge in [-0.1, -0.05) is 28.1 Å². The summed E-state index contributed by atoms with van der Waals surface area (Å²) in [6.07, 6.45) is 1.70. The number of hydrogen-bond donors (Lipinski definition) is 1. The summed E-state index contributed by atoms with van der Waals surface area (Å²) < 4.78 is 6.51. The summed E-state index contributed by atoms with van der Waals surface area (Å²) in [5.74, 6) is 0.954. The summed E-state index contributed by atoms with van der Waals surface area (Å²) in [6, 6.07) is 10.5. The first kappa shape index (κ1) is 14.3. The minimum atomic E-state index is 0.192. The van der Waals surface area contributed by atoms with E-state index in [1.807, 2.05) is 12.1 Å². The average Bonchev–Trinajstić information content (AvgIpc) is 2.87. The molecule has 1 unspecified atom stereocenters. The van der Waals surface area contributed by atoms with Gasteiger partial charge in [-0.3, -0.25) is 4.90 Å². The Morgan fingerprint density at radius 3 is 2.74 bits per heavy atom. The Bertz CT molecular complexity index is 525. The molecular weight excluding hydrogens is 304 g/mol. The molecule has 4 heteroatoms. The standard InChI is InChI=1S/C15H19BrN2O/c1-11-8-12(5-6-14(11)16)15(9-17)18(2)10-13-4-3-7-19-13/h3-8,15H,9-10,17H2,1-2H3. The van der Waals surface area contributed by atoms with E-state index in [2.05, 4.69) is 53.0 Å². The molecule has 2 N–H and O–H groups in total. The van der Waals surface area contributed by atoms with Crippen LogP contribution in [0.5, 0.6) is 0 Å². The van der Waals surface area contributed by atoms with Crippen LogP contribution in [0, 0.1) is 6.92 Å². The Morgan fingerprint density at radius 2 is 2.16 bits per heavy atom. The van der Waals surface area contributed by atoms with E-state index in [0.29, 0.717) is 6.54 Å². The third-order valence-electron chi connectivity index (χ3n) is 3.31. The van der Waals surface area contributed by atoms with Crippen molar-refractivity contribution in [3.63, 3.8) is 0 Å². The predicted molar refractivity (Wildman–Crippen MR) is 80.8 cm³/mol. The number of furan rings is 1. The second-order valence-corrected chi connectivity index (χ2v) is 5.61. The highest BCUT2D eigenvalue weighted by molar-refractivity contribution is 9.10. The SMILES string of the molecule is Cc1cc(C(CN)N(C)Cc2ccco2)ccc1Br. The number of aryl methyl sites for hydroxylation is 1. The highest BCUT2D eigenvalue weighted by atomic mass is 79.9. The molecule has 0 saturated carbocycles. The van der Waals surface area contributed by atoms with Crippen LogP contribution < -0.4 is 5.73 Å². The van der Waals surface area contributed by atoms with Crippen molar-refractivity contribution in [3.8, 4) is 0 Å². The topological polar surface area (TPSA) is 42.4 Å². The third-order valence-corrected chi connectivity index (χ3v) is 4.20. The fourth-order valence-corrected chi connectivity index (χ4v) is 2.45. The third kappa shape index (κ3) is 3.47. The van der Waals surface area contributed by atoms with E-state index in [1.165, 1.54) is 11.1 Å².